The molecule has 1 aliphatic heterocycles. The van der Waals surface area contributed by atoms with Crippen molar-refractivity contribution in [2.75, 3.05) is 44.6 Å². The second kappa shape index (κ2) is 6.18. The van der Waals surface area contributed by atoms with Gasteiger partial charge in [-0.3, -0.25) is 4.90 Å². The van der Waals surface area contributed by atoms with Gasteiger partial charge in [0.1, 0.15) is 11.8 Å². The van der Waals surface area contributed by atoms with Crippen LogP contribution in [0.15, 0.2) is 18.3 Å². The highest BCUT2D eigenvalue weighted by molar-refractivity contribution is 5.45. The van der Waals surface area contributed by atoms with Crippen LogP contribution in [-0.4, -0.2) is 49.2 Å². The van der Waals surface area contributed by atoms with E-state index in [0.717, 1.165) is 45.0 Å². The van der Waals surface area contributed by atoms with Crippen molar-refractivity contribution < 1.29 is 0 Å². The van der Waals surface area contributed by atoms with Crippen molar-refractivity contribution in [3.8, 4) is 6.07 Å². The third kappa shape index (κ3) is 3.70. The second-order valence-corrected chi connectivity index (χ2v) is 4.06. The van der Waals surface area contributed by atoms with Crippen molar-refractivity contribution >= 4 is 5.69 Å². The molecule has 1 saturated heterocycles. The van der Waals surface area contributed by atoms with Crippen LogP contribution in [0, 0.1) is 11.3 Å². The molecule has 0 atom stereocenters. The standard InChI is InChI=1S/C12H17N5/c13-10-12-9-11(1-2-15-12)16-5-8-17-6-3-14-4-7-17/h1-2,9,14H,3-8H2,(H,15,16). The van der Waals surface area contributed by atoms with E-state index in [9.17, 15) is 0 Å². The first-order valence-corrected chi connectivity index (χ1v) is 5.91. The van der Waals surface area contributed by atoms with E-state index in [1.165, 1.54) is 0 Å². The van der Waals surface area contributed by atoms with E-state index in [1.54, 1.807) is 12.3 Å². The van der Waals surface area contributed by atoms with Gasteiger partial charge in [-0.05, 0) is 12.1 Å². The van der Waals surface area contributed by atoms with Crippen molar-refractivity contribution in [2.45, 2.75) is 0 Å². The SMILES string of the molecule is N#Cc1cc(NCCN2CCNCC2)ccn1. The summed E-state index contributed by atoms with van der Waals surface area (Å²) in [5.74, 6) is 0. The maximum absolute atomic E-state index is 8.74. The average Bonchev–Trinajstić information content (AvgIpc) is 2.40. The van der Waals surface area contributed by atoms with Crippen LogP contribution in [0.2, 0.25) is 0 Å². The van der Waals surface area contributed by atoms with E-state index in [4.69, 9.17) is 5.26 Å². The number of pyridine rings is 1. The van der Waals surface area contributed by atoms with Crippen molar-refractivity contribution in [3.05, 3.63) is 24.0 Å². The number of hydrogen-bond acceptors (Lipinski definition) is 5. The molecule has 0 aromatic carbocycles. The van der Waals surface area contributed by atoms with Gasteiger partial charge in [-0.15, -0.1) is 0 Å². The summed E-state index contributed by atoms with van der Waals surface area (Å²) in [5, 5.41) is 15.4. The van der Waals surface area contributed by atoms with E-state index < -0.39 is 0 Å². The highest BCUT2D eigenvalue weighted by Gasteiger charge is 2.08. The number of nitrogens with one attached hydrogen (secondary N) is 2. The quantitative estimate of drug-likeness (QED) is 0.779. The number of piperazine rings is 1. The van der Waals surface area contributed by atoms with Crippen LogP contribution >= 0.6 is 0 Å². The summed E-state index contributed by atoms with van der Waals surface area (Å²) in [6.45, 7) is 6.31. The Morgan fingerprint density at radius 1 is 1.47 bits per heavy atom. The molecule has 0 bridgehead atoms. The summed E-state index contributed by atoms with van der Waals surface area (Å²) in [7, 11) is 0. The molecule has 5 heteroatoms. The summed E-state index contributed by atoms with van der Waals surface area (Å²) in [5.41, 5.74) is 1.42. The number of aromatic nitrogens is 1. The minimum absolute atomic E-state index is 0.456. The number of hydrogen-bond donors (Lipinski definition) is 2. The summed E-state index contributed by atoms with van der Waals surface area (Å²) in [6, 6.07) is 5.70. The Hall–Kier alpha value is -1.64. The third-order valence-electron chi connectivity index (χ3n) is 2.84. The van der Waals surface area contributed by atoms with Gasteiger partial charge in [-0.2, -0.15) is 5.26 Å². The summed E-state index contributed by atoms with van der Waals surface area (Å²) in [6.07, 6.45) is 1.66. The molecule has 2 heterocycles. The highest BCUT2D eigenvalue weighted by atomic mass is 15.2. The zero-order valence-corrected chi connectivity index (χ0v) is 9.82. The lowest BCUT2D eigenvalue weighted by atomic mass is 10.3. The Balaban J connectivity index is 1.75. The van der Waals surface area contributed by atoms with Gasteiger partial charge in [0.15, 0.2) is 0 Å². The first-order valence-electron chi connectivity index (χ1n) is 5.91. The Labute approximate surface area is 101 Å². The largest absolute Gasteiger partial charge is 0.384 e. The zero-order chi connectivity index (χ0) is 11.9. The molecule has 1 aromatic rings. The molecule has 0 unspecified atom stereocenters. The van der Waals surface area contributed by atoms with Gasteiger partial charge >= 0.3 is 0 Å². The maximum atomic E-state index is 8.74. The van der Waals surface area contributed by atoms with Crippen LogP contribution in [0.25, 0.3) is 0 Å². The van der Waals surface area contributed by atoms with Gasteiger partial charge in [0.2, 0.25) is 0 Å². The van der Waals surface area contributed by atoms with Gasteiger partial charge < -0.3 is 10.6 Å². The molecule has 1 fully saturated rings. The molecule has 0 amide bonds. The van der Waals surface area contributed by atoms with Gasteiger partial charge in [0.25, 0.3) is 0 Å². The smallest absolute Gasteiger partial charge is 0.142 e. The summed E-state index contributed by atoms with van der Waals surface area (Å²) in [4.78, 5) is 6.36. The minimum Gasteiger partial charge on any atom is -0.384 e. The Bertz CT molecular complexity index is 392. The first-order chi connectivity index (χ1) is 8.38. The fourth-order valence-corrected chi connectivity index (χ4v) is 1.89. The molecule has 90 valence electrons. The molecule has 0 aliphatic carbocycles. The number of nitriles is 1. The first kappa shape index (κ1) is 11.8. The molecule has 0 saturated carbocycles. The molecule has 2 rings (SSSR count). The molecular formula is C12H17N5. The van der Waals surface area contributed by atoms with E-state index in [1.807, 2.05) is 12.1 Å². The second-order valence-electron chi connectivity index (χ2n) is 4.06. The highest BCUT2D eigenvalue weighted by Crippen LogP contribution is 2.06. The monoisotopic (exact) mass is 231 g/mol. The molecule has 1 aromatic heterocycles. The fraction of sp³-hybridized carbons (Fsp3) is 0.500. The van der Waals surface area contributed by atoms with Crippen molar-refractivity contribution in [1.29, 1.82) is 5.26 Å². The predicted octanol–water partition coefficient (Wildman–Crippen LogP) is 0.270. The number of rotatable bonds is 4. The average molecular weight is 231 g/mol. The lowest BCUT2D eigenvalue weighted by Gasteiger charge is -2.27. The molecular weight excluding hydrogens is 214 g/mol. The summed E-state index contributed by atoms with van der Waals surface area (Å²) >= 11 is 0. The normalized spacial score (nSPS) is 16.4. The van der Waals surface area contributed by atoms with E-state index in [0.29, 0.717) is 5.69 Å². The van der Waals surface area contributed by atoms with Gasteiger partial charge in [-0.1, -0.05) is 0 Å². The zero-order valence-electron chi connectivity index (χ0n) is 9.82. The molecule has 5 nitrogen and oxygen atoms in total. The van der Waals surface area contributed by atoms with Crippen molar-refractivity contribution in [2.24, 2.45) is 0 Å². The van der Waals surface area contributed by atoms with Crippen LogP contribution in [0.3, 0.4) is 0 Å². The Morgan fingerprint density at radius 2 is 2.29 bits per heavy atom. The van der Waals surface area contributed by atoms with Crippen LogP contribution in [0.4, 0.5) is 5.69 Å². The minimum atomic E-state index is 0.456. The van der Waals surface area contributed by atoms with Crippen LogP contribution in [0.1, 0.15) is 5.69 Å². The van der Waals surface area contributed by atoms with Crippen molar-refractivity contribution in [3.63, 3.8) is 0 Å². The fourth-order valence-electron chi connectivity index (χ4n) is 1.89. The summed E-state index contributed by atoms with van der Waals surface area (Å²) < 4.78 is 0. The van der Waals surface area contributed by atoms with Gasteiger partial charge in [0.05, 0.1) is 0 Å². The molecule has 0 radical (unpaired) electrons. The molecule has 17 heavy (non-hydrogen) atoms. The van der Waals surface area contributed by atoms with Crippen LogP contribution < -0.4 is 10.6 Å². The van der Waals surface area contributed by atoms with Crippen molar-refractivity contribution in [1.82, 2.24) is 15.2 Å². The predicted molar refractivity (Wildman–Crippen MR) is 66.8 cm³/mol. The molecule has 0 spiro atoms. The lowest BCUT2D eigenvalue weighted by Crippen LogP contribution is -2.45. The molecule has 1 aliphatic rings. The molecule has 2 N–H and O–H groups in total. The Kier molecular flexibility index (Phi) is 4.30. The van der Waals surface area contributed by atoms with Gasteiger partial charge in [0, 0.05) is 51.2 Å². The number of nitrogens with zero attached hydrogens (tertiary/aromatic N) is 3. The van der Waals surface area contributed by atoms with Crippen LogP contribution in [-0.2, 0) is 0 Å². The lowest BCUT2D eigenvalue weighted by molar-refractivity contribution is 0.249. The Morgan fingerprint density at radius 3 is 3.06 bits per heavy atom. The van der Waals surface area contributed by atoms with E-state index in [-0.39, 0.29) is 0 Å². The van der Waals surface area contributed by atoms with E-state index >= 15 is 0 Å². The van der Waals surface area contributed by atoms with E-state index in [2.05, 4.69) is 20.5 Å². The van der Waals surface area contributed by atoms with Gasteiger partial charge in [-0.25, -0.2) is 4.98 Å². The number of anilines is 1. The third-order valence-corrected chi connectivity index (χ3v) is 2.84. The topological polar surface area (TPSA) is 64.0 Å². The van der Waals surface area contributed by atoms with Crippen LogP contribution in [0.5, 0.6) is 0 Å². The maximum Gasteiger partial charge on any atom is 0.142 e.